The molecule has 10 nitrogen and oxygen atoms in total. The zero-order chi connectivity index (χ0) is 17.2. The lowest BCUT2D eigenvalue weighted by atomic mass is 9.93. The van der Waals surface area contributed by atoms with Crippen LogP contribution in [0.2, 0.25) is 0 Å². The second-order valence-corrected chi connectivity index (χ2v) is 4.86. The lowest BCUT2D eigenvalue weighted by molar-refractivity contribution is -0.255. The molecule has 23 heavy (non-hydrogen) atoms. The fourth-order valence-electron chi connectivity index (χ4n) is 2.27. The number of methoxy groups -OCH3 is 3. The molecular formula is C13H25NO9. The molecule has 5 atom stereocenters. The van der Waals surface area contributed by atoms with Crippen LogP contribution in [0.5, 0.6) is 0 Å². The average Bonchev–Trinajstić information content (AvgIpc) is 2.53. The molecule has 0 spiro atoms. The zero-order valence-electron chi connectivity index (χ0n) is 13.5. The van der Waals surface area contributed by atoms with Gasteiger partial charge in [0, 0.05) is 21.3 Å². The summed E-state index contributed by atoms with van der Waals surface area (Å²) in [6.45, 7) is -0.0227. The highest BCUT2D eigenvalue weighted by Crippen LogP contribution is 2.25. The van der Waals surface area contributed by atoms with E-state index in [0.29, 0.717) is 0 Å². The molecule has 136 valence electrons. The van der Waals surface area contributed by atoms with Crippen LogP contribution in [0.1, 0.15) is 0 Å². The van der Waals surface area contributed by atoms with Gasteiger partial charge in [0.25, 0.3) is 0 Å². The minimum atomic E-state index is -1.25. The number of carbonyl (C=O) groups is 1. The maximum absolute atomic E-state index is 11.4. The van der Waals surface area contributed by atoms with Crippen LogP contribution in [0.4, 0.5) is 0 Å². The predicted octanol–water partition coefficient (Wildman–Crippen LogP) is -1.24. The Hall–Kier alpha value is -0.850. The largest absolute Gasteiger partial charge is 0.479 e. The molecule has 1 aliphatic rings. The minimum absolute atomic E-state index is 0.0320. The number of carboxylic acids is 1. The molecule has 0 aromatic heterocycles. The Balaban J connectivity index is 2.88. The first-order valence-electron chi connectivity index (χ1n) is 6.98. The Labute approximate surface area is 134 Å². The molecule has 1 aliphatic heterocycles. The number of hydrogen-bond acceptors (Lipinski definition) is 9. The molecule has 3 N–H and O–H groups in total. The van der Waals surface area contributed by atoms with E-state index in [1.807, 2.05) is 0 Å². The van der Waals surface area contributed by atoms with Crippen LogP contribution in [0, 0.1) is 0 Å². The summed E-state index contributed by atoms with van der Waals surface area (Å²) < 4.78 is 36.4. The van der Waals surface area contributed by atoms with Crippen molar-refractivity contribution in [1.29, 1.82) is 0 Å². The third-order valence-corrected chi connectivity index (χ3v) is 3.22. The molecule has 0 amide bonds. The smallest absolute Gasteiger partial charge is 0.334 e. The molecule has 0 radical (unpaired) electrons. The summed E-state index contributed by atoms with van der Waals surface area (Å²) in [5.41, 5.74) is 5.97. The van der Waals surface area contributed by atoms with Crippen molar-refractivity contribution in [2.24, 2.45) is 5.73 Å². The summed E-state index contributed by atoms with van der Waals surface area (Å²) in [5.74, 6) is -1.19. The Morgan fingerprint density at radius 3 is 2.13 bits per heavy atom. The van der Waals surface area contributed by atoms with Crippen molar-refractivity contribution in [2.75, 3.05) is 48.3 Å². The van der Waals surface area contributed by atoms with E-state index < -0.39 is 36.4 Å². The van der Waals surface area contributed by atoms with Gasteiger partial charge in [0.2, 0.25) is 0 Å². The first-order valence-corrected chi connectivity index (χ1v) is 6.98. The summed E-state index contributed by atoms with van der Waals surface area (Å²) in [5, 5.41) is 9.28. The van der Waals surface area contributed by atoms with Gasteiger partial charge >= 0.3 is 5.97 Å². The van der Waals surface area contributed by atoms with Crippen LogP contribution in [0.15, 0.2) is 0 Å². The van der Waals surface area contributed by atoms with Crippen molar-refractivity contribution in [2.45, 2.75) is 30.5 Å². The monoisotopic (exact) mass is 339 g/mol. The van der Waals surface area contributed by atoms with E-state index in [4.69, 9.17) is 38.9 Å². The van der Waals surface area contributed by atoms with Crippen molar-refractivity contribution in [3.05, 3.63) is 0 Å². The molecule has 1 heterocycles. The topological polar surface area (TPSA) is 128 Å². The summed E-state index contributed by atoms with van der Waals surface area (Å²) in [7, 11) is 4.38. The highest BCUT2D eigenvalue weighted by molar-refractivity contribution is 5.73. The molecular weight excluding hydrogens is 314 g/mol. The SMILES string of the molecule is COCOC[C@H]1O[C@@H](C(=O)O)[C@H](N)[C@@H](OCOC)[C@@H]1OCOC. The number of hydrogen-bond donors (Lipinski definition) is 2. The van der Waals surface area contributed by atoms with Gasteiger partial charge in [-0.15, -0.1) is 0 Å². The van der Waals surface area contributed by atoms with Crippen molar-refractivity contribution in [1.82, 2.24) is 0 Å². The van der Waals surface area contributed by atoms with Gasteiger partial charge in [-0.1, -0.05) is 0 Å². The molecule has 0 aromatic carbocycles. The Kier molecular flexibility index (Phi) is 9.52. The molecule has 0 bridgehead atoms. The third-order valence-electron chi connectivity index (χ3n) is 3.22. The number of aliphatic carboxylic acids is 1. The average molecular weight is 339 g/mol. The van der Waals surface area contributed by atoms with Gasteiger partial charge in [-0.2, -0.15) is 0 Å². The standard InChI is InChI=1S/C13H25NO9/c1-17-5-20-4-8-10(21-6-18-2)11(22-7-19-3)9(14)12(23-8)13(15)16/h8-12H,4-7,14H2,1-3H3,(H,15,16)/t8-,9-,10-,11-,12-/m1/s1. The van der Waals surface area contributed by atoms with Crippen LogP contribution in [-0.2, 0) is 38.0 Å². The number of carboxylic acid groups (broad SMARTS) is 1. The van der Waals surface area contributed by atoms with Gasteiger partial charge in [0.05, 0.1) is 12.6 Å². The lowest BCUT2D eigenvalue weighted by Crippen LogP contribution is -2.65. The third kappa shape index (κ3) is 5.94. The summed E-state index contributed by atoms with van der Waals surface area (Å²) in [6, 6.07) is -0.941. The van der Waals surface area contributed by atoms with Crippen LogP contribution >= 0.6 is 0 Å². The Morgan fingerprint density at radius 2 is 1.61 bits per heavy atom. The molecule has 0 unspecified atom stereocenters. The summed E-state index contributed by atoms with van der Waals surface area (Å²) in [6.07, 6.45) is -3.43. The fourth-order valence-corrected chi connectivity index (χ4v) is 2.27. The van der Waals surface area contributed by atoms with E-state index in [1.165, 1.54) is 21.3 Å². The number of rotatable bonds is 11. The van der Waals surface area contributed by atoms with Crippen LogP contribution in [-0.4, -0.2) is 89.8 Å². The molecule has 10 heteroatoms. The highest BCUT2D eigenvalue weighted by Gasteiger charge is 2.48. The number of nitrogens with two attached hydrogens (primary N) is 1. The minimum Gasteiger partial charge on any atom is -0.479 e. The van der Waals surface area contributed by atoms with Crippen LogP contribution < -0.4 is 5.73 Å². The van der Waals surface area contributed by atoms with Crippen molar-refractivity contribution >= 4 is 5.97 Å². The molecule has 0 aromatic rings. The predicted molar refractivity (Wildman–Crippen MR) is 75.6 cm³/mol. The molecule has 0 aliphatic carbocycles. The van der Waals surface area contributed by atoms with Gasteiger partial charge in [-0.25, -0.2) is 4.79 Å². The van der Waals surface area contributed by atoms with Crippen molar-refractivity contribution in [3.63, 3.8) is 0 Å². The molecule has 1 fully saturated rings. The van der Waals surface area contributed by atoms with E-state index >= 15 is 0 Å². The fraction of sp³-hybridized carbons (Fsp3) is 0.923. The molecule has 0 saturated carbocycles. The Morgan fingerprint density at radius 1 is 1.04 bits per heavy atom. The van der Waals surface area contributed by atoms with Gasteiger partial charge in [0.1, 0.15) is 38.7 Å². The van der Waals surface area contributed by atoms with Gasteiger partial charge in [-0.3, -0.25) is 0 Å². The maximum Gasteiger partial charge on any atom is 0.334 e. The second kappa shape index (κ2) is 10.8. The first kappa shape index (κ1) is 20.2. The molecule has 1 rings (SSSR count). The van der Waals surface area contributed by atoms with E-state index in [1.54, 1.807) is 0 Å². The maximum atomic E-state index is 11.4. The van der Waals surface area contributed by atoms with E-state index in [-0.39, 0.29) is 27.0 Å². The van der Waals surface area contributed by atoms with E-state index in [0.717, 1.165) is 0 Å². The normalized spacial score (nSPS) is 31.2. The van der Waals surface area contributed by atoms with Gasteiger partial charge < -0.3 is 44.0 Å². The Bertz CT molecular complexity index is 343. The number of ether oxygens (including phenoxy) is 7. The van der Waals surface area contributed by atoms with Gasteiger partial charge in [0.15, 0.2) is 6.10 Å². The van der Waals surface area contributed by atoms with Crippen LogP contribution in [0.3, 0.4) is 0 Å². The highest BCUT2D eigenvalue weighted by atomic mass is 16.7. The summed E-state index contributed by atoms with van der Waals surface area (Å²) in [4.78, 5) is 11.4. The zero-order valence-corrected chi connectivity index (χ0v) is 13.5. The quantitative estimate of drug-likeness (QED) is 0.348. The van der Waals surface area contributed by atoms with Crippen LogP contribution in [0.25, 0.3) is 0 Å². The van der Waals surface area contributed by atoms with E-state index in [9.17, 15) is 9.90 Å². The van der Waals surface area contributed by atoms with E-state index in [2.05, 4.69) is 0 Å². The van der Waals surface area contributed by atoms with Crippen molar-refractivity contribution < 1.29 is 43.1 Å². The second-order valence-electron chi connectivity index (χ2n) is 4.86. The van der Waals surface area contributed by atoms with Gasteiger partial charge in [-0.05, 0) is 0 Å². The lowest BCUT2D eigenvalue weighted by Gasteiger charge is -2.43. The van der Waals surface area contributed by atoms with Crippen molar-refractivity contribution in [3.8, 4) is 0 Å². The summed E-state index contributed by atoms with van der Waals surface area (Å²) >= 11 is 0. The molecule has 1 saturated heterocycles. The first-order chi connectivity index (χ1) is 11.1.